The molecule has 0 bridgehead atoms. The summed E-state index contributed by atoms with van der Waals surface area (Å²) in [6, 6.07) is 13.0. The number of anilines is 1. The summed E-state index contributed by atoms with van der Waals surface area (Å²) >= 11 is 0. The van der Waals surface area contributed by atoms with E-state index in [-0.39, 0.29) is 19.1 Å². The normalized spacial score (nSPS) is 16.1. The number of aromatic nitrogens is 1. The molecular weight excluding hydrogens is 360 g/mol. The molecule has 142 valence electrons. The van der Waals surface area contributed by atoms with Crippen LogP contribution in [0.3, 0.4) is 0 Å². The van der Waals surface area contributed by atoms with Gasteiger partial charge in [0.05, 0.1) is 11.8 Å². The van der Waals surface area contributed by atoms with Gasteiger partial charge in [0.25, 0.3) is 0 Å². The molecule has 28 heavy (non-hydrogen) atoms. The maximum Gasteiger partial charge on any atom is 0.309 e. The Kier molecular flexibility index (Phi) is 3.58. The van der Waals surface area contributed by atoms with Crippen molar-refractivity contribution in [2.75, 3.05) is 12.1 Å². The molecule has 0 unspecified atom stereocenters. The van der Waals surface area contributed by atoms with Crippen molar-refractivity contribution in [3.05, 3.63) is 53.7 Å². The second-order valence-electron chi connectivity index (χ2n) is 7.27. The molecule has 0 radical (unpaired) electrons. The highest BCUT2D eigenvalue weighted by Crippen LogP contribution is 2.51. The number of carboxylic acid groups (broad SMARTS) is 1. The van der Waals surface area contributed by atoms with Crippen LogP contribution in [-0.2, 0) is 21.4 Å². The van der Waals surface area contributed by atoms with E-state index in [4.69, 9.17) is 14.6 Å². The summed E-state index contributed by atoms with van der Waals surface area (Å²) in [4.78, 5) is 27.0. The third-order valence-electron chi connectivity index (χ3n) is 5.39. The van der Waals surface area contributed by atoms with Crippen molar-refractivity contribution in [2.24, 2.45) is 0 Å². The minimum Gasteiger partial charge on any atom is -0.481 e. The van der Waals surface area contributed by atoms with E-state index in [0.29, 0.717) is 22.9 Å². The number of fused-ring (bicyclic) bond motifs is 2. The Morgan fingerprint density at radius 1 is 1.07 bits per heavy atom. The summed E-state index contributed by atoms with van der Waals surface area (Å²) < 4.78 is 10.8. The second kappa shape index (κ2) is 6.02. The Bertz CT molecular complexity index is 1110. The fourth-order valence-electron chi connectivity index (χ4n) is 3.75. The average molecular weight is 378 g/mol. The van der Waals surface area contributed by atoms with Gasteiger partial charge in [-0.25, -0.2) is 0 Å². The van der Waals surface area contributed by atoms with Crippen LogP contribution in [-0.4, -0.2) is 28.8 Å². The first-order valence-electron chi connectivity index (χ1n) is 9.09. The van der Waals surface area contributed by atoms with E-state index in [9.17, 15) is 9.59 Å². The number of aromatic amines is 1. The lowest BCUT2D eigenvalue weighted by Crippen LogP contribution is -2.27. The molecule has 2 aliphatic rings. The highest BCUT2D eigenvalue weighted by Gasteiger charge is 2.51. The van der Waals surface area contributed by atoms with Gasteiger partial charge in [0.15, 0.2) is 11.5 Å². The van der Waals surface area contributed by atoms with Crippen LogP contribution in [0.25, 0.3) is 10.9 Å². The van der Waals surface area contributed by atoms with Gasteiger partial charge in [-0.05, 0) is 54.8 Å². The molecular formula is C21H18N2O5. The zero-order valence-corrected chi connectivity index (χ0v) is 15.0. The zero-order chi connectivity index (χ0) is 19.3. The predicted octanol–water partition coefficient (Wildman–Crippen LogP) is 3.19. The van der Waals surface area contributed by atoms with Gasteiger partial charge in [0, 0.05) is 22.3 Å². The Morgan fingerprint density at radius 3 is 2.68 bits per heavy atom. The molecule has 1 saturated carbocycles. The molecule has 0 atom stereocenters. The molecule has 3 aromatic rings. The monoisotopic (exact) mass is 378 g/mol. The second-order valence-corrected chi connectivity index (χ2v) is 7.27. The topological polar surface area (TPSA) is 101 Å². The largest absolute Gasteiger partial charge is 0.481 e. The minimum atomic E-state index is -0.889. The number of benzene rings is 2. The van der Waals surface area contributed by atoms with Crippen molar-refractivity contribution in [3.8, 4) is 11.5 Å². The third kappa shape index (κ3) is 2.76. The fourth-order valence-corrected chi connectivity index (χ4v) is 3.75. The van der Waals surface area contributed by atoms with Crippen LogP contribution in [0.1, 0.15) is 24.1 Å². The average Bonchev–Trinajstić information content (AvgIpc) is 3.18. The highest BCUT2D eigenvalue weighted by molar-refractivity contribution is 6.02. The molecule has 2 aromatic carbocycles. The molecule has 7 nitrogen and oxygen atoms in total. The zero-order valence-electron chi connectivity index (χ0n) is 15.0. The molecule has 2 heterocycles. The van der Waals surface area contributed by atoms with Gasteiger partial charge < -0.3 is 24.9 Å². The molecule has 1 amide bonds. The van der Waals surface area contributed by atoms with E-state index in [2.05, 4.69) is 10.3 Å². The lowest BCUT2D eigenvalue weighted by Gasteiger charge is -2.16. The molecule has 0 saturated heterocycles. The van der Waals surface area contributed by atoms with Gasteiger partial charge in [-0.1, -0.05) is 6.07 Å². The standard InChI is InChI=1S/C21H18N2O5/c24-19(25)10-15-8-12-7-14(2-3-16(12)22-15)23-20(26)21(5-6-21)13-1-4-17-18(9-13)28-11-27-17/h1-4,7-9,22H,5-6,10-11H2,(H,23,26)(H,24,25). The lowest BCUT2D eigenvalue weighted by molar-refractivity contribution is -0.136. The molecule has 7 heteroatoms. The summed E-state index contributed by atoms with van der Waals surface area (Å²) in [6.45, 7) is 0.207. The summed E-state index contributed by atoms with van der Waals surface area (Å²) in [5, 5.41) is 12.8. The maximum absolute atomic E-state index is 13.0. The molecule has 1 aliphatic carbocycles. The van der Waals surface area contributed by atoms with Crippen LogP contribution < -0.4 is 14.8 Å². The van der Waals surface area contributed by atoms with Crippen molar-refractivity contribution in [1.29, 1.82) is 0 Å². The summed E-state index contributed by atoms with van der Waals surface area (Å²) in [5.41, 5.74) is 2.55. The molecule has 1 aliphatic heterocycles. The quantitative estimate of drug-likeness (QED) is 0.633. The summed E-state index contributed by atoms with van der Waals surface area (Å²) in [6.07, 6.45) is 1.50. The first kappa shape index (κ1) is 16.7. The number of amides is 1. The minimum absolute atomic E-state index is 0.0491. The van der Waals surface area contributed by atoms with Crippen LogP contribution in [0.4, 0.5) is 5.69 Å². The molecule has 1 aromatic heterocycles. The summed E-state index contributed by atoms with van der Waals surface area (Å²) in [5.74, 6) is 0.442. The van der Waals surface area contributed by atoms with E-state index in [1.54, 1.807) is 6.07 Å². The Labute approximate surface area is 160 Å². The van der Waals surface area contributed by atoms with E-state index >= 15 is 0 Å². The Hall–Kier alpha value is -3.48. The van der Waals surface area contributed by atoms with Crippen LogP contribution in [0.15, 0.2) is 42.5 Å². The number of ether oxygens (including phenoxy) is 2. The number of carboxylic acids is 1. The van der Waals surface area contributed by atoms with Gasteiger partial charge in [-0.2, -0.15) is 0 Å². The SMILES string of the molecule is O=C(O)Cc1cc2cc(NC(=O)C3(c4ccc5c(c4)OCO5)CC3)ccc2[nH]1. The van der Waals surface area contributed by atoms with Crippen molar-refractivity contribution in [2.45, 2.75) is 24.7 Å². The van der Waals surface area contributed by atoms with Crippen LogP contribution >= 0.6 is 0 Å². The van der Waals surface area contributed by atoms with Crippen molar-refractivity contribution in [3.63, 3.8) is 0 Å². The highest BCUT2D eigenvalue weighted by atomic mass is 16.7. The first-order valence-corrected chi connectivity index (χ1v) is 9.09. The van der Waals surface area contributed by atoms with Crippen molar-refractivity contribution < 1.29 is 24.2 Å². The molecule has 5 rings (SSSR count). The van der Waals surface area contributed by atoms with E-state index in [0.717, 1.165) is 29.3 Å². The van der Waals surface area contributed by atoms with Gasteiger partial charge in [-0.3, -0.25) is 9.59 Å². The summed E-state index contributed by atoms with van der Waals surface area (Å²) in [7, 11) is 0. The lowest BCUT2D eigenvalue weighted by atomic mass is 9.94. The first-order chi connectivity index (χ1) is 13.5. The van der Waals surface area contributed by atoms with Crippen LogP contribution in [0.5, 0.6) is 11.5 Å². The van der Waals surface area contributed by atoms with Gasteiger partial charge in [0.2, 0.25) is 12.7 Å². The number of hydrogen-bond acceptors (Lipinski definition) is 4. The van der Waals surface area contributed by atoms with Gasteiger partial charge in [-0.15, -0.1) is 0 Å². The molecule has 3 N–H and O–H groups in total. The third-order valence-corrected chi connectivity index (χ3v) is 5.39. The van der Waals surface area contributed by atoms with Crippen LogP contribution in [0, 0.1) is 0 Å². The Morgan fingerprint density at radius 2 is 1.89 bits per heavy atom. The van der Waals surface area contributed by atoms with E-state index in [1.165, 1.54) is 0 Å². The maximum atomic E-state index is 13.0. The van der Waals surface area contributed by atoms with Crippen molar-refractivity contribution in [1.82, 2.24) is 4.98 Å². The number of H-pyrrole nitrogens is 1. The number of nitrogens with one attached hydrogen (secondary N) is 2. The van der Waals surface area contributed by atoms with Crippen LogP contribution in [0.2, 0.25) is 0 Å². The smallest absolute Gasteiger partial charge is 0.309 e. The van der Waals surface area contributed by atoms with Crippen molar-refractivity contribution >= 4 is 28.5 Å². The van der Waals surface area contributed by atoms with E-state index in [1.807, 2.05) is 36.4 Å². The van der Waals surface area contributed by atoms with Gasteiger partial charge in [0.1, 0.15) is 0 Å². The number of aliphatic carboxylic acids is 1. The van der Waals surface area contributed by atoms with Gasteiger partial charge >= 0.3 is 5.97 Å². The Balaban J connectivity index is 1.38. The van der Waals surface area contributed by atoms with E-state index < -0.39 is 11.4 Å². The predicted molar refractivity (Wildman–Crippen MR) is 102 cm³/mol. The number of carbonyl (C=O) groups is 2. The fraction of sp³-hybridized carbons (Fsp3) is 0.238. The number of rotatable bonds is 5. The molecule has 1 fully saturated rings. The molecule has 0 spiro atoms. The number of hydrogen-bond donors (Lipinski definition) is 3. The number of carbonyl (C=O) groups excluding carboxylic acids is 1.